The number of hydrogen-bond donors (Lipinski definition) is 3. The van der Waals surface area contributed by atoms with E-state index in [1.165, 1.54) is 22.3 Å². The minimum atomic E-state index is -0.758. The molecule has 1 aromatic rings. The third kappa shape index (κ3) is 5.09. The van der Waals surface area contributed by atoms with E-state index in [9.17, 15) is 9.90 Å². The van der Waals surface area contributed by atoms with Crippen molar-refractivity contribution in [3.63, 3.8) is 0 Å². The maximum absolute atomic E-state index is 11.4. The molecule has 4 nitrogen and oxygen atoms in total. The van der Waals surface area contributed by atoms with Crippen LogP contribution in [0.3, 0.4) is 0 Å². The van der Waals surface area contributed by atoms with Gasteiger partial charge >= 0.3 is 5.97 Å². The summed E-state index contributed by atoms with van der Waals surface area (Å²) in [5.41, 5.74) is 5.18. The van der Waals surface area contributed by atoms with Gasteiger partial charge in [-0.05, 0) is 55.0 Å². The molecule has 23 heavy (non-hydrogen) atoms. The summed E-state index contributed by atoms with van der Waals surface area (Å²) in [6, 6.07) is 7.92. The summed E-state index contributed by atoms with van der Waals surface area (Å²) in [6.45, 7) is 4.58. The van der Waals surface area contributed by atoms with Crippen LogP contribution in [0.25, 0.3) is 5.57 Å². The highest BCUT2D eigenvalue weighted by Crippen LogP contribution is 2.25. The molecule has 3 N–H and O–H groups in total. The monoisotopic (exact) mass is 334 g/mol. The molecule has 0 aliphatic carbocycles. The first-order chi connectivity index (χ1) is 11.1. The second-order valence-corrected chi connectivity index (χ2v) is 6.86. The number of thioether (sulfide) groups is 1. The standard InChI is InChI=1S/C18H26N2O2S/c1-13-5-3-4-6-15(13)16-12-19-9-7-14(16)11-20-17(18(21)22)8-10-23-2/h3-6,17,19-20H,7-12H2,1-2H3,(H,21,22)/t17-/m0/s1. The van der Waals surface area contributed by atoms with Crippen LogP contribution in [0, 0.1) is 6.92 Å². The lowest BCUT2D eigenvalue weighted by atomic mass is 9.92. The summed E-state index contributed by atoms with van der Waals surface area (Å²) in [7, 11) is 0. The summed E-state index contributed by atoms with van der Waals surface area (Å²) in [5.74, 6) is 0.0981. The summed E-state index contributed by atoms with van der Waals surface area (Å²) in [4.78, 5) is 11.4. The Morgan fingerprint density at radius 3 is 2.91 bits per heavy atom. The number of hydrogen-bond acceptors (Lipinski definition) is 4. The van der Waals surface area contributed by atoms with E-state index >= 15 is 0 Å². The van der Waals surface area contributed by atoms with Crippen molar-refractivity contribution in [2.45, 2.75) is 25.8 Å². The molecule has 0 amide bonds. The van der Waals surface area contributed by atoms with Gasteiger partial charge in [0.05, 0.1) is 0 Å². The number of carboxylic acid groups (broad SMARTS) is 1. The Morgan fingerprint density at radius 2 is 2.22 bits per heavy atom. The lowest BCUT2D eigenvalue weighted by Gasteiger charge is -2.24. The van der Waals surface area contributed by atoms with E-state index < -0.39 is 12.0 Å². The lowest BCUT2D eigenvalue weighted by molar-refractivity contribution is -0.139. The van der Waals surface area contributed by atoms with E-state index in [4.69, 9.17) is 0 Å². The number of aliphatic carboxylic acids is 1. The van der Waals surface area contributed by atoms with Gasteiger partial charge in [0.15, 0.2) is 0 Å². The first-order valence-electron chi connectivity index (χ1n) is 8.06. The highest BCUT2D eigenvalue weighted by Gasteiger charge is 2.19. The Balaban J connectivity index is 2.14. The van der Waals surface area contributed by atoms with Crippen LogP contribution in [0.5, 0.6) is 0 Å². The number of rotatable bonds is 8. The van der Waals surface area contributed by atoms with Crippen LogP contribution in [0.4, 0.5) is 0 Å². The number of benzene rings is 1. The van der Waals surface area contributed by atoms with Gasteiger partial charge in [0.1, 0.15) is 6.04 Å². The fourth-order valence-electron chi connectivity index (χ4n) is 2.92. The van der Waals surface area contributed by atoms with Crippen LogP contribution in [0.2, 0.25) is 0 Å². The Morgan fingerprint density at radius 1 is 1.43 bits per heavy atom. The molecule has 5 heteroatoms. The average Bonchev–Trinajstić information content (AvgIpc) is 2.55. The predicted molar refractivity (Wildman–Crippen MR) is 98.0 cm³/mol. The topological polar surface area (TPSA) is 61.4 Å². The van der Waals surface area contributed by atoms with Crippen LogP contribution in [0.1, 0.15) is 24.0 Å². The molecule has 0 fully saturated rings. The lowest BCUT2D eigenvalue weighted by Crippen LogP contribution is -2.39. The van der Waals surface area contributed by atoms with E-state index in [1.54, 1.807) is 11.8 Å². The number of carbonyl (C=O) groups is 1. The molecular formula is C18H26N2O2S. The summed E-state index contributed by atoms with van der Waals surface area (Å²) in [6.07, 6.45) is 3.62. The van der Waals surface area contributed by atoms with Gasteiger partial charge in [-0.15, -0.1) is 0 Å². The Kier molecular flexibility index (Phi) is 7.15. The molecule has 0 saturated carbocycles. The SMILES string of the molecule is CSCC[C@H](NCC1=C(c2ccccc2C)CNCC1)C(=O)O. The van der Waals surface area contributed by atoms with Gasteiger partial charge in [-0.25, -0.2) is 0 Å². The molecule has 1 aromatic carbocycles. The first kappa shape index (κ1) is 18.0. The van der Waals surface area contributed by atoms with Gasteiger partial charge in [0, 0.05) is 13.1 Å². The van der Waals surface area contributed by atoms with E-state index in [-0.39, 0.29) is 0 Å². The second kappa shape index (κ2) is 9.11. The third-order valence-corrected chi connectivity index (χ3v) is 4.92. The first-order valence-corrected chi connectivity index (χ1v) is 9.45. The molecular weight excluding hydrogens is 308 g/mol. The molecule has 126 valence electrons. The van der Waals surface area contributed by atoms with Crippen molar-refractivity contribution in [2.75, 3.05) is 31.6 Å². The zero-order valence-corrected chi connectivity index (χ0v) is 14.7. The Bertz CT molecular complexity index is 572. The highest BCUT2D eigenvalue weighted by atomic mass is 32.2. The largest absolute Gasteiger partial charge is 0.480 e. The van der Waals surface area contributed by atoms with Crippen LogP contribution < -0.4 is 10.6 Å². The fraction of sp³-hybridized carbons (Fsp3) is 0.500. The van der Waals surface area contributed by atoms with Crippen LogP contribution in [-0.2, 0) is 4.79 Å². The molecule has 0 aromatic heterocycles. The van der Waals surface area contributed by atoms with Crippen molar-refractivity contribution < 1.29 is 9.90 Å². The quantitative estimate of drug-likeness (QED) is 0.682. The molecule has 0 spiro atoms. The zero-order chi connectivity index (χ0) is 16.7. The summed E-state index contributed by atoms with van der Waals surface area (Å²) < 4.78 is 0. The minimum Gasteiger partial charge on any atom is -0.480 e. The van der Waals surface area contributed by atoms with Crippen LogP contribution >= 0.6 is 11.8 Å². The third-order valence-electron chi connectivity index (χ3n) is 4.27. The Hall–Kier alpha value is -1.30. The average molecular weight is 334 g/mol. The van der Waals surface area contributed by atoms with Crippen LogP contribution in [-0.4, -0.2) is 48.8 Å². The van der Waals surface area contributed by atoms with Crippen molar-refractivity contribution in [3.8, 4) is 0 Å². The van der Waals surface area contributed by atoms with Crippen molar-refractivity contribution in [2.24, 2.45) is 0 Å². The molecule has 1 atom stereocenters. The molecule has 1 aliphatic heterocycles. The zero-order valence-electron chi connectivity index (χ0n) is 13.9. The maximum Gasteiger partial charge on any atom is 0.320 e. The predicted octanol–water partition coefficient (Wildman–Crippen LogP) is 2.54. The number of carboxylic acids is 1. The van der Waals surface area contributed by atoms with E-state index in [0.717, 1.165) is 25.3 Å². The smallest absolute Gasteiger partial charge is 0.320 e. The minimum absolute atomic E-state index is 0.469. The molecule has 0 bridgehead atoms. The molecule has 1 heterocycles. The molecule has 0 saturated heterocycles. The normalized spacial score (nSPS) is 16.4. The summed E-state index contributed by atoms with van der Waals surface area (Å²) >= 11 is 1.68. The van der Waals surface area contributed by atoms with Gasteiger partial charge in [-0.2, -0.15) is 11.8 Å². The van der Waals surface area contributed by atoms with Gasteiger partial charge in [-0.3, -0.25) is 4.79 Å². The number of nitrogens with one attached hydrogen (secondary N) is 2. The Labute approximate surface area is 142 Å². The van der Waals surface area contributed by atoms with Crippen molar-refractivity contribution in [1.29, 1.82) is 0 Å². The van der Waals surface area contributed by atoms with Gasteiger partial charge in [0.25, 0.3) is 0 Å². The molecule has 2 rings (SSSR count). The van der Waals surface area contributed by atoms with E-state index in [1.807, 2.05) is 6.26 Å². The van der Waals surface area contributed by atoms with Gasteiger partial charge < -0.3 is 15.7 Å². The number of aryl methyl sites for hydroxylation is 1. The second-order valence-electron chi connectivity index (χ2n) is 5.88. The van der Waals surface area contributed by atoms with Crippen molar-refractivity contribution in [3.05, 3.63) is 41.0 Å². The molecule has 0 unspecified atom stereocenters. The molecule has 0 radical (unpaired) electrons. The van der Waals surface area contributed by atoms with Gasteiger partial charge in [0.2, 0.25) is 0 Å². The van der Waals surface area contributed by atoms with Gasteiger partial charge in [-0.1, -0.05) is 29.8 Å². The van der Waals surface area contributed by atoms with Crippen molar-refractivity contribution in [1.82, 2.24) is 10.6 Å². The molecule has 1 aliphatic rings. The van der Waals surface area contributed by atoms with E-state index in [2.05, 4.69) is 41.8 Å². The fourth-order valence-corrected chi connectivity index (χ4v) is 3.39. The van der Waals surface area contributed by atoms with E-state index in [0.29, 0.717) is 13.0 Å². The van der Waals surface area contributed by atoms with Crippen molar-refractivity contribution >= 4 is 23.3 Å². The summed E-state index contributed by atoms with van der Waals surface area (Å²) in [5, 5.41) is 16.0. The highest BCUT2D eigenvalue weighted by molar-refractivity contribution is 7.98. The maximum atomic E-state index is 11.4. The van der Waals surface area contributed by atoms with Crippen LogP contribution in [0.15, 0.2) is 29.8 Å².